The molecule has 1 aromatic carbocycles. The molecular formula is C16H18ClN3O2. The van der Waals surface area contributed by atoms with E-state index >= 15 is 0 Å². The van der Waals surface area contributed by atoms with Crippen molar-refractivity contribution in [3.05, 3.63) is 46.7 Å². The zero-order chi connectivity index (χ0) is 15.7. The fourth-order valence-electron chi connectivity index (χ4n) is 2.81. The monoisotopic (exact) mass is 319 g/mol. The van der Waals surface area contributed by atoms with E-state index in [2.05, 4.69) is 5.10 Å². The lowest BCUT2D eigenvalue weighted by atomic mass is 10.1. The molecule has 0 aliphatic carbocycles. The van der Waals surface area contributed by atoms with Crippen molar-refractivity contribution in [1.29, 1.82) is 0 Å². The maximum absolute atomic E-state index is 12.7. The molecule has 0 saturated carbocycles. The number of carbonyl (C=O) groups excluding carboxylic acids is 1. The Bertz CT molecular complexity index is 684. The van der Waals surface area contributed by atoms with Gasteiger partial charge in [0.25, 0.3) is 5.91 Å². The number of amides is 1. The Hall–Kier alpha value is -1.85. The van der Waals surface area contributed by atoms with E-state index in [-0.39, 0.29) is 18.4 Å². The number of halogens is 1. The smallest absolute Gasteiger partial charge is 0.258 e. The largest absolute Gasteiger partial charge is 0.396 e. The van der Waals surface area contributed by atoms with Gasteiger partial charge in [-0.15, -0.1) is 0 Å². The predicted molar refractivity (Wildman–Crippen MR) is 84.4 cm³/mol. The van der Waals surface area contributed by atoms with E-state index in [9.17, 15) is 9.90 Å². The normalized spacial score (nSPS) is 18.0. The van der Waals surface area contributed by atoms with Gasteiger partial charge in [0, 0.05) is 25.6 Å². The minimum absolute atomic E-state index is 0.111. The first-order valence-electron chi connectivity index (χ1n) is 7.32. The van der Waals surface area contributed by atoms with Crippen LogP contribution in [0.1, 0.15) is 22.5 Å². The van der Waals surface area contributed by atoms with Crippen LogP contribution in [0.3, 0.4) is 0 Å². The Morgan fingerprint density at radius 3 is 2.77 bits per heavy atom. The molecule has 2 heterocycles. The fourth-order valence-corrected chi connectivity index (χ4v) is 3.16. The molecule has 1 atom stereocenters. The van der Waals surface area contributed by atoms with Crippen molar-refractivity contribution in [2.45, 2.75) is 13.3 Å². The summed E-state index contributed by atoms with van der Waals surface area (Å²) in [7, 11) is 0. The summed E-state index contributed by atoms with van der Waals surface area (Å²) in [4.78, 5) is 14.4. The van der Waals surface area contributed by atoms with Crippen molar-refractivity contribution in [2.75, 3.05) is 19.7 Å². The average Bonchev–Trinajstić information content (AvgIpc) is 3.12. The molecule has 0 bridgehead atoms. The second-order valence-corrected chi connectivity index (χ2v) is 5.95. The van der Waals surface area contributed by atoms with Crippen LogP contribution >= 0.6 is 11.6 Å². The number of aliphatic hydroxyl groups is 1. The van der Waals surface area contributed by atoms with E-state index in [1.54, 1.807) is 16.5 Å². The van der Waals surface area contributed by atoms with E-state index in [4.69, 9.17) is 11.6 Å². The van der Waals surface area contributed by atoms with Gasteiger partial charge in [-0.3, -0.25) is 4.79 Å². The van der Waals surface area contributed by atoms with E-state index in [1.165, 1.54) is 0 Å². The van der Waals surface area contributed by atoms with Gasteiger partial charge in [0.2, 0.25) is 0 Å². The quantitative estimate of drug-likeness (QED) is 0.944. The number of nitrogens with zero attached hydrogens (tertiary/aromatic N) is 3. The Balaban J connectivity index is 1.92. The molecule has 0 spiro atoms. The molecule has 3 rings (SSSR count). The Morgan fingerprint density at radius 2 is 2.14 bits per heavy atom. The van der Waals surface area contributed by atoms with Crippen molar-refractivity contribution in [2.24, 2.45) is 5.92 Å². The highest BCUT2D eigenvalue weighted by atomic mass is 35.5. The Kier molecular flexibility index (Phi) is 4.18. The van der Waals surface area contributed by atoms with Gasteiger partial charge < -0.3 is 10.0 Å². The third-order valence-corrected chi connectivity index (χ3v) is 4.40. The molecule has 1 saturated heterocycles. The molecule has 1 fully saturated rings. The second kappa shape index (κ2) is 6.10. The fraction of sp³-hybridized carbons (Fsp3) is 0.375. The minimum atomic E-state index is -0.111. The van der Waals surface area contributed by atoms with Crippen LogP contribution in [0.4, 0.5) is 0 Å². The van der Waals surface area contributed by atoms with Gasteiger partial charge in [0.05, 0.1) is 16.9 Å². The minimum Gasteiger partial charge on any atom is -0.396 e. The molecule has 22 heavy (non-hydrogen) atoms. The first-order chi connectivity index (χ1) is 10.6. The zero-order valence-corrected chi connectivity index (χ0v) is 13.1. The van der Waals surface area contributed by atoms with Gasteiger partial charge in [0.1, 0.15) is 5.15 Å². The molecule has 1 N–H and O–H groups in total. The predicted octanol–water partition coefficient (Wildman–Crippen LogP) is 2.29. The van der Waals surface area contributed by atoms with Gasteiger partial charge in [-0.25, -0.2) is 4.68 Å². The molecule has 0 radical (unpaired) electrons. The molecular weight excluding hydrogens is 302 g/mol. The number of aromatic nitrogens is 2. The average molecular weight is 320 g/mol. The summed E-state index contributed by atoms with van der Waals surface area (Å²) in [6, 6.07) is 9.50. The van der Waals surface area contributed by atoms with Gasteiger partial charge in [-0.1, -0.05) is 29.8 Å². The van der Waals surface area contributed by atoms with Crippen LogP contribution in [-0.2, 0) is 0 Å². The second-order valence-electron chi connectivity index (χ2n) is 5.59. The summed E-state index contributed by atoms with van der Waals surface area (Å²) in [6.07, 6.45) is 0.825. The van der Waals surface area contributed by atoms with Crippen LogP contribution in [0, 0.1) is 12.8 Å². The van der Waals surface area contributed by atoms with Gasteiger partial charge in [0.15, 0.2) is 0 Å². The molecule has 5 nitrogen and oxygen atoms in total. The summed E-state index contributed by atoms with van der Waals surface area (Å²) in [5, 5.41) is 14.0. The number of hydrogen-bond donors (Lipinski definition) is 1. The number of likely N-dealkylation sites (tertiary alicyclic amines) is 1. The van der Waals surface area contributed by atoms with Gasteiger partial charge in [-0.05, 0) is 25.5 Å². The third kappa shape index (κ3) is 2.62. The summed E-state index contributed by atoms with van der Waals surface area (Å²) in [5.41, 5.74) is 1.89. The highest BCUT2D eigenvalue weighted by Gasteiger charge is 2.30. The number of hydrogen-bond acceptors (Lipinski definition) is 3. The highest BCUT2D eigenvalue weighted by Crippen LogP contribution is 2.27. The first kappa shape index (κ1) is 15.1. The van der Waals surface area contributed by atoms with Crippen LogP contribution in [0.2, 0.25) is 5.15 Å². The van der Waals surface area contributed by atoms with Crippen molar-refractivity contribution in [3.8, 4) is 5.69 Å². The van der Waals surface area contributed by atoms with E-state index in [0.29, 0.717) is 29.5 Å². The van der Waals surface area contributed by atoms with Crippen molar-refractivity contribution in [3.63, 3.8) is 0 Å². The SMILES string of the molecule is Cc1nn(-c2ccccc2)c(Cl)c1C(=O)N1CCC(CO)C1. The summed E-state index contributed by atoms with van der Waals surface area (Å²) in [5.74, 6) is 0.0489. The molecule has 1 aliphatic rings. The summed E-state index contributed by atoms with van der Waals surface area (Å²) in [6.45, 7) is 3.12. The summed E-state index contributed by atoms with van der Waals surface area (Å²) < 4.78 is 1.59. The maximum Gasteiger partial charge on any atom is 0.258 e. The third-order valence-electron chi connectivity index (χ3n) is 4.05. The molecule has 2 aromatic rings. The van der Waals surface area contributed by atoms with E-state index < -0.39 is 0 Å². The van der Waals surface area contributed by atoms with E-state index in [0.717, 1.165) is 12.1 Å². The number of aliphatic hydroxyl groups excluding tert-OH is 1. The first-order valence-corrected chi connectivity index (χ1v) is 7.70. The van der Waals surface area contributed by atoms with Crippen LogP contribution < -0.4 is 0 Å². The van der Waals surface area contributed by atoms with Crippen molar-refractivity contribution >= 4 is 17.5 Å². The van der Waals surface area contributed by atoms with Crippen LogP contribution in [0.5, 0.6) is 0 Å². The maximum atomic E-state index is 12.7. The molecule has 116 valence electrons. The van der Waals surface area contributed by atoms with Crippen LogP contribution in [-0.4, -0.2) is 45.4 Å². The Labute approximate surface area is 134 Å². The highest BCUT2D eigenvalue weighted by molar-refractivity contribution is 6.33. The van der Waals surface area contributed by atoms with Crippen molar-refractivity contribution < 1.29 is 9.90 Å². The zero-order valence-electron chi connectivity index (χ0n) is 12.4. The number of benzene rings is 1. The molecule has 1 aliphatic heterocycles. The summed E-state index contributed by atoms with van der Waals surface area (Å²) >= 11 is 6.41. The molecule has 6 heteroatoms. The van der Waals surface area contributed by atoms with Crippen LogP contribution in [0.15, 0.2) is 30.3 Å². The number of rotatable bonds is 3. The van der Waals surface area contributed by atoms with Gasteiger partial charge in [-0.2, -0.15) is 5.10 Å². The lowest BCUT2D eigenvalue weighted by Crippen LogP contribution is -2.29. The molecule has 1 amide bonds. The van der Waals surface area contributed by atoms with Crippen molar-refractivity contribution in [1.82, 2.24) is 14.7 Å². The number of para-hydroxylation sites is 1. The van der Waals surface area contributed by atoms with Crippen LogP contribution in [0.25, 0.3) is 5.69 Å². The molecule has 1 aromatic heterocycles. The Morgan fingerprint density at radius 1 is 1.41 bits per heavy atom. The standard InChI is InChI=1S/C16H18ClN3O2/c1-11-14(16(22)19-8-7-12(9-19)10-21)15(17)20(18-11)13-5-3-2-4-6-13/h2-6,12,21H,7-10H2,1H3. The van der Waals surface area contributed by atoms with Gasteiger partial charge >= 0.3 is 0 Å². The van der Waals surface area contributed by atoms with E-state index in [1.807, 2.05) is 30.3 Å². The topological polar surface area (TPSA) is 58.4 Å². The molecule has 1 unspecified atom stereocenters. The lowest BCUT2D eigenvalue weighted by Gasteiger charge is -2.16. The number of aryl methyl sites for hydroxylation is 1. The lowest BCUT2D eigenvalue weighted by molar-refractivity contribution is 0.0781. The number of carbonyl (C=O) groups is 1.